The zero-order valence-electron chi connectivity index (χ0n) is 8.30. The second-order valence-corrected chi connectivity index (χ2v) is 3.11. The molecule has 0 saturated heterocycles. The number of hydrogen-bond acceptors (Lipinski definition) is 4. The monoisotopic (exact) mass is 207 g/mol. The topological polar surface area (TPSA) is 70.2 Å². The molecule has 2 aromatic rings. The SMILES string of the molecule is COc1cc([N+](=O)[O-])c2c(cnn2C)c1. The zero-order chi connectivity index (χ0) is 11.0. The van der Waals surface area contributed by atoms with Gasteiger partial charge in [-0.2, -0.15) is 5.10 Å². The number of nitrogens with zero attached hydrogens (tertiary/aromatic N) is 3. The molecule has 0 bridgehead atoms. The number of aromatic nitrogens is 2. The quantitative estimate of drug-likeness (QED) is 0.552. The van der Waals surface area contributed by atoms with Gasteiger partial charge >= 0.3 is 0 Å². The summed E-state index contributed by atoms with van der Waals surface area (Å²) in [6, 6.07) is 3.11. The second-order valence-electron chi connectivity index (χ2n) is 3.11. The van der Waals surface area contributed by atoms with Crippen LogP contribution in [0.5, 0.6) is 5.75 Å². The molecule has 0 atom stereocenters. The fraction of sp³-hybridized carbons (Fsp3) is 0.222. The van der Waals surface area contributed by atoms with E-state index in [2.05, 4.69) is 5.10 Å². The third-order valence-electron chi connectivity index (χ3n) is 2.22. The smallest absolute Gasteiger partial charge is 0.298 e. The van der Waals surface area contributed by atoms with E-state index in [1.807, 2.05) is 0 Å². The van der Waals surface area contributed by atoms with Gasteiger partial charge in [0.15, 0.2) is 0 Å². The Hall–Kier alpha value is -2.11. The van der Waals surface area contributed by atoms with Crippen LogP contribution in [0.1, 0.15) is 0 Å². The Morgan fingerprint density at radius 2 is 2.27 bits per heavy atom. The van der Waals surface area contributed by atoms with Crippen LogP contribution < -0.4 is 4.74 Å². The number of non-ortho nitro benzene ring substituents is 1. The van der Waals surface area contributed by atoms with Crippen LogP contribution in [0.3, 0.4) is 0 Å². The van der Waals surface area contributed by atoms with Crippen molar-refractivity contribution in [1.29, 1.82) is 0 Å². The number of nitro benzene ring substituents is 1. The molecule has 0 spiro atoms. The predicted octanol–water partition coefficient (Wildman–Crippen LogP) is 1.49. The lowest BCUT2D eigenvalue weighted by atomic mass is 10.2. The number of methoxy groups -OCH3 is 1. The van der Waals surface area contributed by atoms with Gasteiger partial charge in [0.25, 0.3) is 5.69 Å². The van der Waals surface area contributed by atoms with E-state index in [1.165, 1.54) is 17.9 Å². The minimum atomic E-state index is -0.438. The Balaban J connectivity index is 2.83. The second kappa shape index (κ2) is 3.23. The molecule has 0 radical (unpaired) electrons. The molecule has 78 valence electrons. The molecule has 0 amide bonds. The molecule has 0 unspecified atom stereocenters. The van der Waals surface area contributed by atoms with Crippen molar-refractivity contribution in [2.75, 3.05) is 7.11 Å². The maximum atomic E-state index is 10.8. The van der Waals surface area contributed by atoms with E-state index in [9.17, 15) is 10.1 Å². The zero-order valence-corrected chi connectivity index (χ0v) is 8.30. The van der Waals surface area contributed by atoms with Gasteiger partial charge in [0.2, 0.25) is 0 Å². The van der Waals surface area contributed by atoms with E-state index in [1.54, 1.807) is 19.3 Å². The van der Waals surface area contributed by atoms with E-state index >= 15 is 0 Å². The van der Waals surface area contributed by atoms with Gasteiger partial charge < -0.3 is 4.74 Å². The number of nitro groups is 1. The van der Waals surface area contributed by atoms with Crippen LogP contribution in [0.4, 0.5) is 5.69 Å². The summed E-state index contributed by atoms with van der Waals surface area (Å²) in [5, 5.41) is 15.5. The van der Waals surface area contributed by atoms with Gasteiger partial charge in [-0.3, -0.25) is 14.8 Å². The fourth-order valence-electron chi connectivity index (χ4n) is 1.53. The van der Waals surface area contributed by atoms with Crippen molar-refractivity contribution in [3.8, 4) is 5.75 Å². The Kier molecular flexibility index (Phi) is 2.03. The molecule has 0 aliphatic heterocycles. The molecule has 2 rings (SSSR count). The van der Waals surface area contributed by atoms with Crippen molar-refractivity contribution >= 4 is 16.6 Å². The van der Waals surface area contributed by atoms with Crippen LogP contribution in [0, 0.1) is 10.1 Å². The van der Waals surface area contributed by atoms with Gasteiger partial charge in [0, 0.05) is 12.4 Å². The van der Waals surface area contributed by atoms with Crippen molar-refractivity contribution in [1.82, 2.24) is 9.78 Å². The molecular weight excluding hydrogens is 198 g/mol. The standard InChI is InChI=1S/C9H9N3O3/c1-11-9-6(5-10-11)3-7(15-2)4-8(9)12(13)14/h3-5H,1-2H3. The van der Waals surface area contributed by atoms with Gasteiger partial charge in [-0.05, 0) is 6.07 Å². The average Bonchev–Trinajstić information content (AvgIpc) is 2.59. The summed E-state index contributed by atoms with van der Waals surface area (Å²) < 4.78 is 6.46. The van der Waals surface area contributed by atoms with Crippen molar-refractivity contribution < 1.29 is 9.66 Å². The van der Waals surface area contributed by atoms with E-state index in [-0.39, 0.29) is 5.69 Å². The van der Waals surface area contributed by atoms with Gasteiger partial charge in [-0.25, -0.2) is 0 Å². The minimum Gasteiger partial charge on any atom is -0.496 e. The average molecular weight is 207 g/mol. The number of ether oxygens (including phenoxy) is 1. The molecule has 1 heterocycles. The molecule has 6 heteroatoms. The first-order valence-corrected chi connectivity index (χ1v) is 4.27. The molecule has 0 fully saturated rings. The highest BCUT2D eigenvalue weighted by Crippen LogP contribution is 2.30. The molecule has 0 saturated carbocycles. The summed E-state index contributed by atoms with van der Waals surface area (Å²) in [5.74, 6) is 0.460. The van der Waals surface area contributed by atoms with Crippen LogP contribution in [0.15, 0.2) is 18.3 Å². The Labute approximate surface area is 85.2 Å². The highest BCUT2D eigenvalue weighted by Gasteiger charge is 2.17. The fourth-order valence-corrected chi connectivity index (χ4v) is 1.53. The molecule has 15 heavy (non-hydrogen) atoms. The molecule has 0 aliphatic rings. The van der Waals surface area contributed by atoms with Crippen LogP contribution in [0.25, 0.3) is 10.9 Å². The normalized spacial score (nSPS) is 10.5. The lowest BCUT2D eigenvalue weighted by Gasteiger charge is -2.01. The maximum absolute atomic E-state index is 10.8. The first-order valence-electron chi connectivity index (χ1n) is 4.27. The molecule has 1 aromatic heterocycles. The molecule has 0 N–H and O–H groups in total. The highest BCUT2D eigenvalue weighted by atomic mass is 16.6. The van der Waals surface area contributed by atoms with E-state index in [0.29, 0.717) is 16.7 Å². The van der Waals surface area contributed by atoms with Gasteiger partial charge in [-0.1, -0.05) is 0 Å². The van der Waals surface area contributed by atoms with E-state index < -0.39 is 4.92 Å². The predicted molar refractivity (Wildman–Crippen MR) is 53.9 cm³/mol. The van der Waals surface area contributed by atoms with Gasteiger partial charge in [0.05, 0.1) is 24.3 Å². The first kappa shape index (κ1) is 9.45. The summed E-state index contributed by atoms with van der Waals surface area (Å²) in [6.07, 6.45) is 1.57. The summed E-state index contributed by atoms with van der Waals surface area (Å²) in [5.41, 5.74) is 0.505. The number of aryl methyl sites for hydroxylation is 1. The number of rotatable bonds is 2. The third-order valence-corrected chi connectivity index (χ3v) is 2.22. The van der Waals surface area contributed by atoms with Crippen LogP contribution in [-0.2, 0) is 7.05 Å². The molecular formula is C9H9N3O3. The number of hydrogen-bond donors (Lipinski definition) is 0. The van der Waals surface area contributed by atoms with Gasteiger partial charge in [-0.15, -0.1) is 0 Å². The number of fused-ring (bicyclic) bond motifs is 1. The third kappa shape index (κ3) is 1.39. The van der Waals surface area contributed by atoms with Gasteiger partial charge in [0.1, 0.15) is 11.3 Å². The molecule has 0 aliphatic carbocycles. The summed E-state index contributed by atoms with van der Waals surface area (Å²) in [7, 11) is 3.14. The Morgan fingerprint density at radius 3 is 2.87 bits per heavy atom. The maximum Gasteiger partial charge on any atom is 0.298 e. The Morgan fingerprint density at radius 1 is 1.53 bits per heavy atom. The minimum absolute atomic E-state index is 0.00403. The first-order chi connectivity index (χ1) is 7.13. The summed E-state index contributed by atoms with van der Waals surface area (Å²) >= 11 is 0. The van der Waals surface area contributed by atoms with Crippen LogP contribution in [-0.4, -0.2) is 21.8 Å². The summed E-state index contributed by atoms with van der Waals surface area (Å²) in [6.45, 7) is 0. The lowest BCUT2D eigenvalue weighted by molar-refractivity contribution is -0.383. The molecule has 1 aromatic carbocycles. The Bertz CT molecular complexity index is 533. The van der Waals surface area contributed by atoms with Crippen molar-refractivity contribution in [2.45, 2.75) is 0 Å². The van der Waals surface area contributed by atoms with E-state index in [4.69, 9.17) is 4.74 Å². The molecule has 6 nitrogen and oxygen atoms in total. The number of benzene rings is 1. The van der Waals surface area contributed by atoms with Crippen molar-refractivity contribution in [2.24, 2.45) is 7.05 Å². The largest absolute Gasteiger partial charge is 0.496 e. The van der Waals surface area contributed by atoms with E-state index in [0.717, 1.165) is 0 Å². The van der Waals surface area contributed by atoms with Crippen LogP contribution >= 0.6 is 0 Å². The lowest BCUT2D eigenvalue weighted by Crippen LogP contribution is -1.96. The highest BCUT2D eigenvalue weighted by molar-refractivity contribution is 5.88. The van der Waals surface area contributed by atoms with Crippen molar-refractivity contribution in [3.63, 3.8) is 0 Å². The van der Waals surface area contributed by atoms with Crippen LogP contribution in [0.2, 0.25) is 0 Å². The summed E-state index contributed by atoms with van der Waals surface area (Å²) in [4.78, 5) is 10.4. The van der Waals surface area contributed by atoms with Crippen molar-refractivity contribution in [3.05, 3.63) is 28.4 Å².